The smallest absolute Gasteiger partial charge is 0.128 e. The fourth-order valence-corrected chi connectivity index (χ4v) is 13.3. The van der Waals surface area contributed by atoms with Crippen LogP contribution < -0.4 is 4.74 Å². The number of hydrogen-bond donors (Lipinski definition) is 1. The van der Waals surface area contributed by atoms with Crippen molar-refractivity contribution in [3.63, 3.8) is 0 Å². The van der Waals surface area contributed by atoms with Crippen molar-refractivity contribution in [1.29, 1.82) is 0 Å². The van der Waals surface area contributed by atoms with Crippen LogP contribution in [0.25, 0.3) is 50.5 Å². The fourth-order valence-electron chi connectivity index (χ4n) is 7.39. The third kappa shape index (κ3) is 2.62. The van der Waals surface area contributed by atoms with Crippen molar-refractivity contribution in [2.24, 2.45) is 0 Å². The van der Waals surface area contributed by atoms with Crippen LogP contribution in [0, 0.1) is 13.8 Å². The van der Waals surface area contributed by atoms with E-state index in [9.17, 15) is 5.11 Å². The van der Waals surface area contributed by atoms with Gasteiger partial charge in [-0.2, -0.15) is 0 Å². The lowest BCUT2D eigenvalue weighted by atomic mass is 9.75. The molecule has 38 heavy (non-hydrogen) atoms. The minimum atomic E-state index is -0.172. The minimum absolute atomic E-state index is 0.0375. The summed E-state index contributed by atoms with van der Waals surface area (Å²) in [5.74, 6) is 0.965. The van der Waals surface area contributed by atoms with Gasteiger partial charge in [0.2, 0.25) is 0 Å². The van der Waals surface area contributed by atoms with E-state index >= 15 is 0 Å². The molecule has 0 atom stereocenters. The monoisotopic (exact) mass is 572 g/mol. The van der Waals surface area contributed by atoms with Crippen LogP contribution in [0.4, 0.5) is 0 Å². The molecule has 2 aliphatic rings. The first kappa shape index (κ1) is 23.6. The van der Waals surface area contributed by atoms with Gasteiger partial charge in [0.25, 0.3) is 0 Å². The molecule has 2 aromatic carbocycles. The van der Waals surface area contributed by atoms with Gasteiger partial charge in [0, 0.05) is 50.9 Å². The predicted molar refractivity (Wildman–Crippen MR) is 168 cm³/mol. The first-order chi connectivity index (χ1) is 18.1. The Morgan fingerprint density at radius 3 is 1.71 bits per heavy atom. The van der Waals surface area contributed by atoms with E-state index in [1.165, 1.54) is 82.5 Å². The van der Waals surface area contributed by atoms with Gasteiger partial charge in [0.15, 0.2) is 0 Å². The second-order valence-corrected chi connectivity index (χ2v) is 16.4. The van der Waals surface area contributed by atoms with E-state index in [2.05, 4.69) is 65.8 Å². The Bertz CT molecular complexity index is 1880. The average Bonchev–Trinajstić information content (AvgIpc) is 3.63. The van der Waals surface area contributed by atoms with Crippen LogP contribution in [-0.4, -0.2) is 12.2 Å². The van der Waals surface area contributed by atoms with Crippen molar-refractivity contribution in [2.75, 3.05) is 7.11 Å². The molecule has 0 radical (unpaired) electrons. The Balaban J connectivity index is 1.53. The summed E-state index contributed by atoms with van der Waals surface area (Å²) in [6.07, 6.45) is 0. The van der Waals surface area contributed by atoms with Crippen molar-refractivity contribution in [1.82, 2.24) is 0 Å². The van der Waals surface area contributed by atoms with Gasteiger partial charge in [-0.15, -0.1) is 45.3 Å². The lowest BCUT2D eigenvalue weighted by molar-refractivity contribution is 0.282. The van der Waals surface area contributed by atoms with Crippen LogP contribution in [0.3, 0.4) is 0 Å². The molecule has 8 rings (SSSR count). The Morgan fingerprint density at radius 1 is 0.684 bits per heavy atom. The standard InChI is InChI=1S/C32H28O2S4/c1-13-8-19-27(35-13)25-29(37-19)21-15(12-33)10-16-17(23(21)31(25,3)4)11-18(34-7)22-24(16)32(5,6)26-28-20(38-30(22)26)9-14(2)36-28/h8-11,33H,12H2,1-7H3. The number of hydrogen-bond acceptors (Lipinski definition) is 6. The zero-order valence-corrected chi connectivity index (χ0v) is 25.8. The lowest BCUT2D eigenvalue weighted by Gasteiger charge is -2.28. The van der Waals surface area contributed by atoms with Gasteiger partial charge in [-0.05, 0) is 76.7 Å². The topological polar surface area (TPSA) is 29.5 Å². The summed E-state index contributed by atoms with van der Waals surface area (Å²) in [5.41, 5.74) is 8.76. The van der Waals surface area contributed by atoms with E-state index in [-0.39, 0.29) is 17.4 Å². The van der Waals surface area contributed by atoms with Crippen LogP contribution in [0.5, 0.6) is 5.75 Å². The Labute approximate surface area is 238 Å². The number of aliphatic hydroxyl groups excluding tert-OH is 1. The maximum absolute atomic E-state index is 10.8. The van der Waals surface area contributed by atoms with E-state index in [0.717, 1.165) is 11.3 Å². The molecular weight excluding hydrogens is 545 g/mol. The quantitative estimate of drug-likeness (QED) is 0.224. The van der Waals surface area contributed by atoms with E-state index in [0.29, 0.717) is 0 Å². The number of aryl methyl sites for hydroxylation is 2. The molecule has 0 aliphatic heterocycles. The van der Waals surface area contributed by atoms with Crippen molar-refractivity contribution in [3.8, 4) is 26.6 Å². The van der Waals surface area contributed by atoms with Crippen molar-refractivity contribution in [3.05, 3.63) is 61.8 Å². The molecule has 0 spiro atoms. The summed E-state index contributed by atoms with van der Waals surface area (Å²) < 4.78 is 11.8. The molecule has 0 bridgehead atoms. The van der Waals surface area contributed by atoms with E-state index in [1.54, 1.807) is 0 Å². The number of methoxy groups -OCH3 is 1. The summed E-state index contributed by atoms with van der Waals surface area (Å²) in [5, 5.41) is 13.3. The van der Waals surface area contributed by atoms with Gasteiger partial charge in [0.05, 0.1) is 23.1 Å². The summed E-state index contributed by atoms with van der Waals surface area (Å²) in [4.78, 5) is 5.41. The number of ether oxygens (including phenoxy) is 1. The lowest BCUT2D eigenvalue weighted by Crippen LogP contribution is -2.18. The van der Waals surface area contributed by atoms with Gasteiger partial charge < -0.3 is 9.84 Å². The number of benzene rings is 2. The number of fused-ring (bicyclic) bond motifs is 13. The molecule has 4 heterocycles. The third-order valence-corrected chi connectivity index (χ3v) is 13.5. The highest BCUT2D eigenvalue weighted by molar-refractivity contribution is 7.30. The largest absolute Gasteiger partial charge is 0.496 e. The summed E-state index contributed by atoms with van der Waals surface area (Å²) >= 11 is 7.61. The zero-order valence-electron chi connectivity index (χ0n) is 22.5. The average molecular weight is 573 g/mol. The van der Waals surface area contributed by atoms with Crippen LogP contribution in [0.2, 0.25) is 0 Å². The molecule has 6 aromatic rings. The summed E-state index contributed by atoms with van der Waals surface area (Å²) in [6, 6.07) is 9.25. The highest BCUT2D eigenvalue weighted by Crippen LogP contribution is 2.64. The molecule has 4 aromatic heterocycles. The highest BCUT2D eigenvalue weighted by Gasteiger charge is 2.46. The molecule has 0 saturated heterocycles. The molecule has 0 saturated carbocycles. The molecule has 6 heteroatoms. The van der Waals surface area contributed by atoms with Crippen LogP contribution >= 0.6 is 45.3 Å². The van der Waals surface area contributed by atoms with Crippen molar-refractivity contribution >= 4 is 74.9 Å². The van der Waals surface area contributed by atoms with E-state index < -0.39 is 0 Å². The Morgan fingerprint density at radius 2 is 1.18 bits per heavy atom. The molecule has 0 fully saturated rings. The normalized spacial score (nSPS) is 16.4. The third-order valence-electron chi connectivity index (χ3n) is 8.81. The molecule has 192 valence electrons. The summed E-state index contributed by atoms with van der Waals surface area (Å²) in [6.45, 7) is 14.0. The maximum atomic E-state index is 10.8. The zero-order chi connectivity index (χ0) is 26.5. The second-order valence-electron chi connectivity index (χ2n) is 11.8. The first-order valence-electron chi connectivity index (χ1n) is 13.0. The van der Waals surface area contributed by atoms with E-state index in [4.69, 9.17) is 4.74 Å². The van der Waals surface area contributed by atoms with E-state index in [1.807, 2.05) is 52.5 Å². The molecule has 0 amide bonds. The van der Waals surface area contributed by atoms with Crippen molar-refractivity contribution < 1.29 is 9.84 Å². The summed E-state index contributed by atoms with van der Waals surface area (Å²) in [7, 11) is 1.81. The number of thiophene rings is 4. The van der Waals surface area contributed by atoms with Crippen LogP contribution in [-0.2, 0) is 17.4 Å². The van der Waals surface area contributed by atoms with Gasteiger partial charge in [-0.3, -0.25) is 0 Å². The van der Waals surface area contributed by atoms with Gasteiger partial charge in [-0.1, -0.05) is 27.7 Å². The predicted octanol–water partition coefficient (Wildman–Crippen LogP) is 10.1. The fraction of sp³-hybridized carbons (Fsp3) is 0.312. The first-order valence-corrected chi connectivity index (χ1v) is 16.2. The van der Waals surface area contributed by atoms with Crippen molar-refractivity contribution in [2.45, 2.75) is 59.0 Å². The SMILES string of the molecule is COc1cc2c3c(c(CO)cc2c2c1-c1sc4cc(C)sc4c1C2(C)C)-c1sc2cc(C)sc2c1C3(C)C. The molecule has 2 aliphatic carbocycles. The van der Waals surface area contributed by atoms with Crippen LogP contribution in [0.15, 0.2) is 24.3 Å². The molecule has 2 nitrogen and oxygen atoms in total. The van der Waals surface area contributed by atoms with Gasteiger partial charge >= 0.3 is 0 Å². The molecule has 0 unspecified atom stereocenters. The van der Waals surface area contributed by atoms with Gasteiger partial charge in [0.1, 0.15) is 5.75 Å². The number of aliphatic hydroxyl groups is 1. The minimum Gasteiger partial charge on any atom is -0.496 e. The van der Waals surface area contributed by atoms with Gasteiger partial charge in [-0.25, -0.2) is 0 Å². The maximum Gasteiger partial charge on any atom is 0.128 e. The molecule has 1 N–H and O–H groups in total. The Hall–Kier alpha value is -2.22. The highest BCUT2D eigenvalue weighted by atomic mass is 32.1. The number of rotatable bonds is 2. The second kappa shape index (κ2) is 7.29. The van der Waals surface area contributed by atoms with Crippen LogP contribution in [0.1, 0.15) is 65.3 Å². The Kier molecular flexibility index (Phi) is 4.54. The molecular formula is C32H28O2S4.